The molecule has 0 saturated carbocycles. The van der Waals surface area contributed by atoms with Gasteiger partial charge in [-0.2, -0.15) is 0 Å². The predicted octanol–water partition coefficient (Wildman–Crippen LogP) is 2.36. The summed E-state index contributed by atoms with van der Waals surface area (Å²) in [5.41, 5.74) is -0.437. The maximum Gasteiger partial charge on any atom is 0.251 e. The minimum atomic E-state index is -1.46. The van der Waals surface area contributed by atoms with E-state index in [1.54, 1.807) is 0 Å². The number of hydrogen-bond acceptors (Lipinski definition) is 4. The first-order valence-corrected chi connectivity index (χ1v) is 8.90. The van der Waals surface area contributed by atoms with Crippen molar-refractivity contribution in [1.29, 1.82) is 0 Å². The SMILES string of the molecule is O=C(NC[C@@H]1CCCO1)[C@H](C(=O)c1ccc(F)cc1)n1cc(Cl)ccc1=O. The molecule has 1 aromatic carbocycles. The summed E-state index contributed by atoms with van der Waals surface area (Å²) in [6.07, 6.45) is 2.84. The first kappa shape index (κ1) is 19.3. The third-order valence-electron chi connectivity index (χ3n) is 4.33. The van der Waals surface area contributed by atoms with E-state index in [-0.39, 0.29) is 23.2 Å². The summed E-state index contributed by atoms with van der Waals surface area (Å²) >= 11 is 5.95. The van der Waals surface area contributed by atoms with Crippen LogP contribution < -0.4 is 10.9 Å². The highest BCUT2D eigenvalue weighted by molar-refractivity contribution is 6.30. The van der Waals surface area contributed by atoms with Crippen molar-refractivity contribution < 1.29 is 18.7 Å². The molecule has 1 aromatic heterocycles. The van der Waals surface area contributed by atoms with Crippen LogP contribution in [0, 0.1) is 5.82 Å². The fourth-order valence-electron chi connectivity index (χ4n) is 2.94. The van der Waals surface area contributed by atoms with Crippen LogP contribution in [0.15, 0.2) is 47.4 Å². The van der Waals surface area contributed by atoms with Gasteiger partial charge in [-0.25, -0.2) is 4.39 Å². The van der Waals surface area contributed by atoms with Gasteiger partial charge in [0.1, 0.15) is 5.82 Å². The second-order valence-corrected chi connectivity index (χ2v) is 6.68. The van der Waals surface area contributed by atoms with Gasteiger partial charge in [-0.15, -0.1) is 0 Å². The lowest BCUT2D eigenvalue weighted by molar-refractivity contribution is -0.123. The summed E-state index contributed by atoms with van der Waals surface area (Å²) < 4.78 is 19.6. The summed E-state index contributed by atoms with van der Waals surface area (Å²) in [5, 5.41) is 2.88. The van der Waals surface area contributed by atoms with Crippen molar-refractivity contribution in [2.24, 2.45) is 0 Å². The second-order valence-electron chi connectivity index (χ2n) is 6.25. The number of ketones is 1. The van der Waals surface area contributed by atoms with E-state index in [2.05, 4.69) is 5.32 Å². The van der Waals surface area contributed by atoms with Gasteiger partial charge >= 0.3 is 0 Å². The Morgan fingerprint density at radius 1 is 1.26 bits per heavy atom. The molecule has 0 radical (unpaired) electrons. The van der Waals surface area contributed by atoms with Crippen molar-refractivity contribution in [3.8, 4) is 0 Å². The fourth-order valence-corrected chi connectivity index (χ4v) is 3.11. The van der Waals surface area contributed by atoms with Gasteiger partial charge in [0.05, 0.1) is 11.1 Å². The standard InChI is InChI=1S/C19H18ClFN2O4/c20-13-5-8-16(24)23(11-13)17(18(25)12-3-6-14(21)7-4-12)19(26)22-10-15-2-1-9-27-15/h3-8,11,15,17H,1-2,9-10H2,(H,22,26)/t15-,17-/m0/s1. The van der Waals surface area contributed by atoms with Crippen LogP contribution in [-0.4, -0.2) is 35.5 Å². The normalized spacial score (nSPS) is 17.5. The zero-order valence-electron chi connectivity index (χ0n) is 14.4. The third kappa shape index (κ3) is 4.61. The summed E-state index contributed by atoms with van der Waals surface area (Å²) in [6.45, 7) is 0.869. The third-order valence-corrected chi connectivity index (χ3v) is 4.56. The van der Waals surface area contributed by atoms with Gasteiger partial charge in [0.2, 0.25) is 0 Å². The number of nitrogens with one attached hydrogen (secondary N) is 1. The smallest absolute Gasteiger partial charge is 0.251 e. The largest absolute Gasteiger partial charge is 0.376 e. The van der Waals surface area contributed by atoms with Crippen LogP contribution in [0.2, 0.25) is 5.02 Å². The van der Waals surface area contributed by atoms with E-state index in [1.807, 2.05) is 0 Å². The van der Waals surface area contributed by atoms with Gasteiger partial charge in [-0.05, 0) is 43.2 Å². The lowest BCUT2D eigenvalue weighted by Gasteiger charge is -2.20. The Morgan fingerprint density at radius 3 is 2.67 bits per heavy atom. The Balaban J connectivity index is 1.91. The van der Waals surface area contributed by atoms with E-state index in [0.29, 0.717) is 6.61 Å². The molecule has 3 rings (SSSR count). The molecular formula is C19H18ClFN2O4. The molecule has 0 bridgehead atoms. The van der Waals surface area contributed by atoms with Crippen LogP contribution in [0.5, 0.6) is 0 Å². The molecule has 1 saturated heterocycles. The Kier molecular flexibility index (Phi) is 6.03. The molecule has 6 nitrogen and oxygen atoms in total. The Morgan fingerprint density at radius 2 is 2.00 bits per heavy atom. The zero-order chi connectivity index (χ0) is 19.4. The van der Waals surface area contributed by atoms with Crippen LogP contribution in [0.3, 0.4) is 0 Å². The molecule has 27 heavy (non-hydrogen) atoms. The number of Topliss-reactive ketones (excluding diaryl/α,β-unsaturated/α-hetero) is 1. The molecule has 0 unspecified atom stereocenters. The summed E-state index contributed by atoms with van der Waals surface area (Å²) in [5.74, 6) is -1.79. The number of benzene rings is 1. The van der Waals surface area contributed by atoms with Gasteiger partial charge in [-0.1, -0.05) is 11.6 Å². The number of hydrogen-bond donors (Lipinski definition) is 1. The highest BCUT2D eigenvalue weighted by Crippen LogP contribution is 2.17. The minimum absolute atomic E-state index is 0.112. The van der Waals surface area contributed by atoms with Crippen molar-refractivity contribution in [1.82, 2.24) is 9.88 Å². The van der Waals surface area contributed by atoms with Crippen LogP contribution in [0.25, 0.3) is 0 Å². The van der Waals surface area contributed by atoms with Crippen LogP contribution in [-0.2, 0) is 9.53 Å². The molecule has 1 amide bonds. The van der Waals surface area contributed by atoms with Gasteiger partial charge in [0, 0.05) is 31.0 Å². The minimum Gasteiger partial charge on any atom is -0.376 e. The van der Waals surface area contributed by atoms with Crippen molar-refractivity contribution in [3.63, 3.8) is 0 Å². The van der Waals surface area contributed by atoms with Gasteiger partial charge < -0.3 is 10.1 Å². The number of aromatic nitrogens is 1. The van der Waals surface area contributed by atoms with E-state index >= 15 is 0 Å². The summed E-state index contributed by atoms with van der Waals surface area (Å²) in [7, 11) is 0. The lowest BCUT2D eigenvalue weighted by atomic mass is 10.0. The molecule has 1 aliphatic rings. The monoisotopic (exact) mass is 392 g/mol. The number of ether oxygens (including phenoxy) is 1. The van der Waals surface area contributed by atoms with Crippen LogP contribution in [0.4, 0.5) is 4.39 Å². The Bertz CT molecular complexity index is 891. The first-order valence-electron chi connectivity index (χ1n) is 8.52. The van der Waals surface area contributed by atoms with E-state index in [1.165, 1.54) is 30.5 Å². The molecule has 1 aliphatic heterocycles. The first-order chi connectivity index (χ1) is 13.0. The van der Waals surface area contributed by atoms with Crippen LogP contribution >= 0.6 is 11.6 Å². The van der Waals surface area contributed by atoms with Crippen molar-refractivity contribution in [2.75, 3.05) is 13.2 Å². The molecular weight excluding hydrogens is 375 g/mol. The van der Waals surface area contributed by atoms with Crippen molar-refractivity contribution in [3.05, 3.63) is 69.4 Å². The van der Waals surface area contributed by atoms with Crippen molar-refractivity contribution >= 4 is 23.3 Å². The van der Waals surface area contributed by atoms with E-state index in [0.717, 1.165) is 29.5 Å². The Labute approximate surface area is 159 Å². The maximum atomic E-state index is 13.2. The quantitative estimate of drug-likeness (QED) is 0.604. The number of carbonyl (C=O) groups excluding carboxylic acids is 2. The van der Waals surface area contributed by atoms with E-state index < -0.39 is 29.1 Å². The summed E-state index contributed by atoms with van der Waals surface area (Å²) in [4.78, 5) is 38.0. The van der Waals surface area contributed by atoms with Gasteiger partial charge in [0.15, 0.2) is 11.8 Å². The molecule has 142 valence electrons. The average molecular weight is 393 g/mol. The predicted molar refractivity (Wildman–Crippen MR) is 97.5 cm³/mol. The number of carbonyl (C=O) groups is 2. The number of halogens is 2. The number of nitrogens with zero attached hydrogens (tertiary/aromatic N) is 1. The molecule has 2 heterocycles. The van der Waals surface area contributed by atoms with Crippen molar-refractivity contribution in [2.45, 2.75) is 25.0 Å². The molecule has 1 N–H and O–H groups in total. The Hall–Kier alpha value is -2.51. The molecule has 0 aliphatic carbocycles. The van der Waals surface area contributed by atoms with Gasteiger partial charge in [0.25, 0.3) is 11.5 Å². The number of pyridine rings is 1. The zero-order valence-corrected chi connectivity index (χ0v) is 15.1. The van der Waals surface area contributed by atoms with E-state index in [4.69, 9.17) is 16.3 Å². The maximum absolute atomic E-state index is 13.2. The topological polar surface area (TPSA) is 77.4 Å². The summed E-state index contributed by atoms with van der Waals surface area (Å²) in [6, 6.07) is 5.89. The molecule has 1 fully saturated rings. The van der Waals surface area contributed by atoms with Gasteiger partial charge in [-0.3, -0.25) is 19.0 Å². The van der Waals surface area contributed by atoms with Crippen LogP contribution in [0.1, 0.15) is 29.2 Å². The number of amides is 1. The molecule has 8 heteroatoms. The molecule has 0 spiro atoms. The average Bonchev–Trinajstić information content (AvgIpc) is 3.17. The van der Waals surface area contributed by atoms with E-state index in [9.17, 15) is 18.8 Å². The second kappa shape index (κ2) is 8.45. The lowest BCUT2D eigenvalue weighted by Crippen LogP contribution is -2.43. The molecule has 2 atom stereocenters. The fraction of sp³-hybridized carbons (Fsp3) is 0.316. The highest BCUT2D eigenvalue weighted by Gasteiger charge is 2.31. The highest BCUT2D eigenvalue weighted by atomic mass is 35.5. The molecule has 2 aromatic rings. The number of rotatable bonds is 6.